The summed E-state index contributed by atoms with van der Waals surface area (Å²) in [5.41, 5.74) is 3.03. The number of carbonyl (C=O) groups is 1. The molecule has 7 nitrogen and oxygen atoms in total. The Hall–Kier alpha value is -4.26. The molecule has 0 aromatic heterocycles. The Morgan fingerprint density at radius 2 is 1.70 bits per heavy atom. The van der Waals surface area contributed by atoms with E-state index < -0.39 is 5.97 Å². The van der Waals surface area contributed by atoms with Crippen LogP contribution in [0.4, 0.5) is 0 Å². The summed E-state index contributed by atoms with van der Waals surface area (Å²) in [4.78, 5) is 17.0. The topological polar surface area (TPSA) is 86.6 Å². The smallest absolute Gasteiger partial charge is 0.339 e. The van der Waals surface area contributed by atoms with Crippen molar-refractivity contribution in [1.82, 2.24) is 0 Å². The Kier molecular flexibility index (Phi) is 8.48. The van der Waals surface area contributed by atoms with Gasteiger partial charge < -0.3 is 24.2 Å². The highest BCUT2D eigenvalue weighted by Gasteiger charge is 2.16. The highest BCUT2D eigenvalue weighted by Crippen LogP contribution is 2.29. The summed E-state index contributed by atoms with van der Waals surface area (Å²) in [6, 6.07) is 22.2. The second-order valence-electron chi connectivity index (χ2n) is 6.92. The van der Waals surface area contributed by atoms with Gasteiger partial charge in [0.25, 0.3) is 0 Å². The summed E-state index contributed by atoms with van der Waals surface area (Å²) < 4.78 is 16.3. The third kappa shape index (κ3) is 6.61. The lowest BCUT2D eigenvalue weighted by Crippen LogP contribution is -2.06. The van der Waals surface area contributed by atoms with E-state index in [4.69, 9.17) is 19.0 Å². The van der Waals surface area contributed by atoms with E-state index in [1.165, 1.54) is 13.4 Å². The monoisotopic (exact) mass is 447 g/mol. The zero-order chi connectivity index (χ0) is 23.5. The molecule has 3 aromatic carbocycles. The van der Waals surface area contributed by atoms with Crippen molar-refractivity contribution in [1.29, 1.82) is 0 Å². The average Bonchev–Trinajstić information content (AvgIpc) is 2.84. The maximum atomic E-state index is 11.6. The first kappa shape index (κ1) is 23.4. The molecule has 33 heavy (non-hydrogen) atoms. The van der Waals surface area contributed by atoms with Crippen molar-refractivity contribution in [3.63, 3.8) is 0 Å². The fraction of sp³-hybridized carbons (Fsp3) is 0.154. The number of aliphatic carboxylic acids is 1. The van der Waals surface area contributed by atoms with E-state index in [0.29, 0.717) is 29.2 Å². The van der Waals surface area contributed by atoms with Gasteiger partial charge in [0, 0.05) is 5.56 Å². The molecule has 0 fully saturated rings. The number of carboxylic acids is 1. The second-order valence-corrected chi connectivity index (χ2v) is 6.92. The van der Waals surface area contributed by atoms with Crippen LogP contribution in [0, 0.1) is 0 Å². The molecule has 0 aliphatic carbocycles. The molecular formula is C26H25NO6. The summed E-state index contributed by atoms with van der Waals surface area (Å²) in [6.45, 7) is 0.501. The van der Waals surface area contributed by atoms with Crippen molar-refractivity contribution in [3.05, 3.63) is 101 Å². The minimum atomic E-state index is -1.09. The highest BCUT2D eigenvalue weighted by atomic mass is 16.6. The van der Waals surface area contributed by atoms with Gasteiger partial charge in [0.2, 0.25) is 0 Å². The fourth-order valence-corrected chi connectivity index (χ4v) is 3.08. The fourth-order valence-electron chi connectivity index (χ4n) is 3.08. The van der Waals surface area contributed by atoms with Crippen LogP contribution in [-0.2, 0) is 27.6 Å². The van der Waals surface area contributed by atoms with Crippen molar-refractivity contribution in [2.24, 2.45) is 5.16 Å². The Balaban J connectivity index is 1.73. The van der Waals surface area contributed by atoms with Crippen LogP contribution in [0.15, 0.2) is 84.2 Å². The Bertz CT molecular complexity index is 1120. The van der Waals surface area contributed by atoms with Gasteiger partial charge in [-0.15, -0.1) is 0 Å². The molecular weight excluding hydrogens is 422 g/mol. The van der Waals surface area contributed by atoms with Crippen LogP contribution < -0.4 is 9.47 Å². The van der Waals surface area contributed by atoms with E-state index >= 15 is 0 Å². The first-order chi connectivity index (χ1) is 16.1. The van der Waals surface area contributed by atoms with Crippen LogP contribution in [0.3, 0.4) is 0 Å². The molecule has 170 valence electrons. The molecule has 1 N–H and O–H groups in total. The van der Waals surface area contributed by atoms with Gasteiger partial charge in [-0.3, -0.25) is 0 Å². The summed E-state index contributed by atoms with van der Waals surface area (Å²) in [5, 5.41) is 13.5. The van der Waals surface area contributed by atoms with Crippen LogP contribution in [0.25, 0.3) is 5.57 Å². The SMILES string of the molecule is CO/C=C(\C(=O)O)c1ccccc1COc1cc(/C=N/OCc2ccccc2)ccc1OC. The Morgan fingerprint density at radius 1 is 0.939 bits per heavy atom. The summed E-state index contributed by atoms with van der Waals surface area (Å²) >= 11 is 0. The van der Waals surface area contributed by atoms with Gasteiger partial charge >= 0.3 is 5.97 Å². The predicted molar refractivity (Wildman–Crippen MR) is 125 cm³/mol. The highest BCUT2D eigenvalue weighted by molar-refractivity contribution is 6.15. The number of benzene rings is 3. The molecule has 0 unspecified atom stereocenters. The van der Waals surface area contributed by atoms with Crippen LogP contribution in [0.2, 0.25) is 0 Å². The van der Waals surface area contributed by atoms with Crippen molar-refractivity contribution < 1.29 is 28.9 Å². The lowest BCUT2D eigenvalue weighted by atomic mass is 10.0. The molecule has 7 heteroatoms. The lowest BCUT2D eigenvalue weighted by molar-refractivity contribution is -0.130. The summed E-state index contributed by atoms with van der Waals surface area (Å²) in [5.74, 6) is -0.0526. The van der Waals surface area contributed by atoms with E-state index in [-0.39, 0.29) is 12.2 Å². The van der Waals surface area contributed by atoms with Crippen LogP contribution in [0.1, 0.15) is 22.3 Å². The zero-order valence-electron chi connectivity index (χ0n) is 18.4. The minimum absolute atomic E-state index is 0.0418. The first-order valence-electron chi connectivity index (χ1n) is 10.2. The van der Waals surface area contributed by atoms with E-state index in [9.17, 15) is 9.90 Å². The van der Waals surface area contributed by atoms with Crippen molar-refractivity contribution in [2.75, 3.05) is 14.2 Å². The Morgan fingerprint density at radius 3 is 2.42 bits per heavy atom. The van der Waals surface area contributed by atoms with E-state index in [0.717, 1.165) is 11.1 Å². The number of carboxylic acid groups (broad SMARTS) is 1. The normalized spacial score (nSPS) is 11.3. The molecule has 0 bridgehead atoms. The number of methoxy groups -OCH3 is 2. The van der Waals surface area contributed by atoms with Crippen molar-refractivity contribution in [2.45, 2.75) is 13.2 Å². The molecule has 0 spiro atoms. The molecule has 0 aliphatic rings. The standard InChI is InChI=1S/C26H25NO6/c1-30-18-23(26(28)29)22-11-7-6-10-21(22)17-32-25-14-20(12-13-24(25)31-2)15-27-33-16-19-8-4-3-5-9-19/h3-15,18H,16-17H2,1-2H3,(H,28,29)/b23-18-,27-15+. The number of ether oxygens (including phenoxy) is 3. The number of rotatable bonds is 11. The number of oxime groups is 1. The maximum absolute atomic E-state index is 11.6. The van der Waals surface area contributed by atoms with Gasteiger partial charge in [0.05, 0.1) is 26.7 Å². The molecule has 0 amide bonds. The van der Waals surface area contributed by atoms with E-state index in [2.05, 4.69) is 5.16 Å². The third-order valence-electron chi connectivity index (χ3n) is 4.69. The molecule has 0 saturated carbocycles. The average molecular weight is 447 g/mol. The largest absolute Gasteiger partial charge is 0.503 e. The molecule has 3 aromatic rings. The number of hydrogen-bond acceptors (Lipinski definition) is 6. The summed E-state index contributed by atoms with van der Waals surface area (Å²) in [6.07, 6.45) is 2.79. The zero-order valence-corrected chi connectivity index (χ0v) is 18.4. The molecule has 0 heterocycles. The Labute approximate surface area is 192 Å². The minimum Gasteiger partial charge on any atom is -0.503 e. The van der Waals surface area contributed by atoms with Crippen LogP contribution in [0.5, 0.6) is 11.5 Å². The predicted octanol–water partition coefficient (Wildman–Crippen LogP) is 4.90. The molecule has 3 rings (SSSR count). The third-order valence-corrected chi connectivity index (χ3v) is 4.69. The molecule has 0 atom stereocenters. The number of hydrogen-bond donors (Lipinski definition) is 1. The van der Waals surface area contributed by atoms with Crippen molar-refractivity contribution >= 4 is 17.8 Å². The van der Waals surface area contributed by atoms with Gasteiger partial charge in [-0.05, 0) is 34.9 Å². The van der Waals surface area contributed by atoms with Crippen LogP contribution in [-0.4, -0.2) is 31.5 Å². The van der Waals surface area contributed by atoms with Crippen LogP contribution >= 0.6 is 0 Å². The second kappa shape index (κ2) is 12.0. The van der Waals surface area contributed by atoms with E-state index in [1.54, 1.807) is 43.7 Å². The van der Waals surface area contributed by atoms with Gasteiger partial charge in [0.15, 0.2) is 11.5 Å². The van der Waals surface area contributed by atoms with Gasteiger partial charge in [0.1, 0.15) is 18.8 Å². The van der Waals surface area contributed by atoms with E-state index in [1.807, 2.05) is 42.5 Å². The molecule has 0 saturated heterocycles. The summed E-state index contributed by atoms with van der Waals surface area (Å²) in [7, 11) is 2.96. The molecule has 0 radical (unpaired) electrons. The lowest BCUT2D eigenvalue weighted by Gasteiger charge is -2.14. The molecule has 0 aliphatic heterocycles. The van der Waals surface area contributed by atoms with Gasteiger partial charge in [-0.1, -0.05) is 59.8 Å². The van der Waals surface area contributed by atoms with Gasteiger partial charge in [-0.25, -0.2) is 4.79 Å². The van der Waals surface area contributed by atoms with Crippen molar-refractivity contribution in [3.8, 4) is 11.5 Å². The number of nitrogens with zero attached hydrogens (tertiary/aromatic N) is 1. The van der Waals surface area contributed by atoms with Gasteiger partial charge in [-0.2, -0.15) is 0 Å². The maximum Gasteiger partial charge on any atom is 0.339 e. The quantitative estimate of drug-likeness (QED) is 0.195. The first-order valence-corrected chi connectivity index (χ1v) is 10.2.